The summed E-state index contributed by atoms with van der Waals surface area (Å²) in [5.41, 5.74) is -0.965. The lowest BCUT2D eigenvalue weighted by Gasteiger charge is -2.39. The van der Waals surface area contributed by atoms with Crippen molar-refractivity contribution in [3.8, 4) is 0 Å². The molecule has 1 rings (SSSR count). The van der Waals surface area contributed by atoms with E-state index in [1.165, 1.54) is 0 Å². The van der Waals surface area contributed by atoms with E-state index >= 15 is 0 Å². The van der Waals surface area contributed by atoms with Crippen molar-refractivity contribution in [1.29, 1.82) is 0 Å². The van der Waals surface area contributed by atoms with E-state index in [2.05, 4.69) is 20.8 Å². The van der Waals surface area contributed by atoms with Crippen molar-refractivity contribution in [2.45, 2.75) is 59.0 Å². The van der Waals surface area contributed by atoms with Crippen LogP contribution in [0, 0.1) is 11.3 Å². The van der Waals surface area contributed by atoms with Crippen molar-refractivity contribution >= 4 is 5.97 Å². The van der Waals surface area contributed by atoms with Crippen molar-refractivity contribution in [3.63, 3.8) is 0 Å². The van der Waals surface area contributed by atoms with Gasteiger partial charge in [-0.3, -0.25) is 0 Å². The van der Waals surface area contributed by atoms with Crippen LogP contribution in [-0.2, 0) is 9.53 Å². The van der Waals surface area contributed by atoms with Crippen molar-refractivity contribution < 1.29 is 14.6 Å². The number of hydrogen-bond acceptors (Lipinski definition) is 3. The van der Waals surface area contributed by atoms with Crippen molar-refractivity contribution in [2.24, 2.45) is 11.3 Å². The van der Waals surface area contributed by atoms with Gasteiger partial charge >= 0.3 is 5.97 Å². The second-order valence-electron chi connectivity index (χ2n) is 5.89. The molecule has 0 spiro atoms. The maximum absolute atomic E-state index is 11.6. The first-order valence-electron chi connectivity index (χ1n) is 6.19. The van der Waals surface area contributed by atoms with Crippen molar-refractivity contribution in [1.82, 2.24) is 0 Å². The van der Waals surface area contributed by atoms with Crippen LogP contribution in [0.4, 0.5) is 0 Å². The van der Waals surface area contributed by atoms with Crippen LogP contribution in [-0.4, -0.2) is 23.3 Å². The highest BCUT2D eigenvalue weighted by Crippen LogP contribution is 2.41. The van der Waals surface area contributed by atoms with E-state index in [1.807, 2.05) is 0 Å². The van der Waals surface area contributed by atoms with E-state index in [1.54, 1.807) is 6.92 Å². The molecule has 1 aliphatic rings. The zero-order valence-electron chi connectivity index (χ0n) is 10.9. The molecule has 3 nitrogen and oxygen atoms in total. The highest BCUT2D eigenvalue weighted by molar-refractivity contribution is 5.79. The van der Waals surface area contributed by atoms with Crippen LogP contribution >= 0.6 is 0 Å². The molecular weight excluding hydrogens is 204 g/mol. The molecule has 0 heterocycles. The zero-order valence-corrected chi connectivity index (χ0v) is 10.9. The van der Waals surface area contributed by atoms with Crippen LogP contribution in [0.25, 0.3) is 0 Å². The summed E-state index contributed by atoms with van der Waals surface area (Å²) >= 11 is 0. The number of carbonyl (C=O) groups is 1. The predicted molar refractivity (Wildman–Crippen MR) is 63.0 cm³/mol. The Bertz CT molecular complexity index is 244. The maximum Gasteiger partial charge on any atom is 0.338 e. The molecule has 16 heavy (non-hydrogen) atoms. The van der Waals surface area contributed by atoms with Gasteiger partial charge in [0.05, 0.1) is 6.61 Å². The molecule has 1 N–H and O–H groups in total. The zero-order chi connectivity index (χ0) is 12.4. The molecule has 0 atom stereocenters. The Labute approximate surface area is 98.2 Å². The lowest BCUT2D eigenvalue weighted by atomic mass is 9.68. The number of esters is 1. The first kappa shape index (κ1) is 13.5. The SMILES string of the molecule is CCOC(=O)C1(O)CCC(C(C)(C)C)CC1. The van der Waals surface area contributed by atoms with Crippen LogP contribution < -0.4 is 0 Å². The molecule has 0 radical (unpaired) electrons. The third-order valence-corrected chi connectivity index (χ3v) is 3.69. The van der Waals surface area contributed by atoms with Gasteiger partial charge in [0, 0.05) is 0 Å². The number of rotatable bonds is 2. The summed E-state index contributed by atoms with van der Waals surface area (Å²) in [4.78, 5) is 11.6. The first-order chi connectivity index (χ1) is 7.29. The molecule has 0 aromatic carbocycles. The van der Waals surface area contributed by atoms with Gasteiger partial charge in [-0.2, -0.15) is 0 Å². The highest BCUT2D eigenvalue weighted by Gasteiger charge is 2.43. The Balaban J connectivity index is 2.56. The van der Waals surface area contributed by atoms with Gasteiger partial charge in [-0.25, -0.2) is 4.79 Å². The number of ether oxygens (including phenoxy) is 1. The van der Waals surface area contributed by atoms with Crippen LogP contribution in [0.15, 0.2) is 0 Å². The molecule has 1 aliphatic carbocycles. The Hall–Kier alpha value is -0.570. The molecule has 0 saturated heterocycles. The fraction of sp³-hybridized carbons (Fsp3) is 0.923. The lowest BCUT2D eigenvalue weighted by molar-refractivity contribution is -0.170. The van der Waals surface area contributed by atoms with Gasteiger partial charge in [0.2, 0.25) is 0 Å². The van der Waals surface area contributed by atoms with E-state index < -0.39 is 11.6 Å². The van der Waals surface area contributed by atoms with Crippen LogP contribution in [0.5, 0.6) is 0 Å². The molecule has 0 unspecified atom stereocenters. The topological polar surface area (TPSA) is 46.5 Å². The summed E-state index contributed by atoms with van der Waals surface area (Å²) < 4.78 is 4.92. The summed E-state index contributed by atoms with van der Waals surface area (Å²) in [5.74, 6) is 0.143. The molecule has 0 aromatic rings. The van der Waals surface area contributed by atoms with E-state index in [0.29, 0.717) is 25.4 Å². The lowest BCUT2D eigenvalue weighted by Crippen LogP contribution is -2.45. The normalized spacial score (nSPS) is 31.2. The largest absolute Gasteiger partial charge is 0.464 e. The second kappa shape index (κ2) is 4.74. The van der Waals surface area contributed by atoms with Gasteiger partial charge in [-0.05, 0) is 43.9 Å². The van der Waals surface area contributed by atoms with Gasteiger partial charge in [-0.1, -0.05) is 20.8 Å². The molecule has 94 valence electrons. The van der Waals surface area contributed by atoms with E-state index in [0.717, 1.165) is 12.8 Å². The van der Waals surface area contributed by atoms with Gasteiger partial charge in [-0.15, -0.1) is 0 Å². The van der Waals surface area contributed by atoms with Gasteiger partial charge in [0.15, 0.2) is 5.60 Å². The summed E-state index contributed by atoms with van der Waals surface area (Å²) in [6, 6.07) is 0. The Morgan fingerprint density at radius 1 is 1.38 bits per heavy atom. The van der Waals surface area contributed by atoms with Crippen LogP contribution in [0.3, 0.4) is 0 Å². The molecule has 1 saturated carbocycles. The van der Waals surface area contributed by atoms with Gasteiger partial charge in [0.25, 0.3) is 0 Å². The summed E-state index contributed by atoms with van der Waals surface area (Å²) in [7, 11) is 0. The monoisotopic (exact) mass is 228 g/mol. The maximum atomic E-state index is 11.6. The molecule has 0 bridgehead atoms. The summed E-state index contributed by atoms with van der Waals surface area (Å²) in [5, 5.41) is 10.2. The van der Waals surface area contributed by atoms with Gasteiger partial charge < -0.3 is 9.84 Å². The average molecular weight is 228 g/mol. The van der Waals surface area contributed by atoms with Crippen molar-refractivity contribution in [3.05, 3.63) is 0 Å². The quantitative estimate of drug-likeness (QED) is 0.739. The standard InChI is InChI=1S/C13H24O3/c1-5-16-11(14)13(15)8-6-10(7-9-13)12(2,3)4/h10,15H,5-9H2,1-4H3. The third kappa shape index (κ3) is 2.97. The third-order valence-electron chi connectivity index (χ3n) is 3.69. The number of carbonyl (C=O) groups excluding carboxylic acids is 1. The Morgan fingerprint density at radius 3 is 2.25 bits per heavy atom. The minimum Gasteiger partial charge on any atom is -0.464 e. The first-order valence-corrected chi connectivity index (χ1v) is 6.19. The van der Waals surface area contributed by atoms with Gasteiger partial charge in [0.1, 0.15) is 0 Å². The molecule has 0 aliphatic heterocycles. The fourth-order valence-corrected chi connectivity index (χ4v) is 2.43. The molecule has 3 heteroatoms. The summed E-state index contributed by atoms with van der Waals surface area (Å²) in [6.07, 6.45) is 2.87. The molecule has 0 aromatic heterocycles. The molecule has 1 fully saturated rings. The van der Waals surface area contributed by atoms with E-state index in [-0.39, 0.29) is 5.41 Å². The van der Waals surface area contributed by atoms with Crippen LogP contribution in [0.2, 0.25) is 0 Å². The van der Waals surface area contributed by atoms with Crippen LogP contribution in [0.1, 0.15) is 53.4 Å². The fourth-order valence-electron chi connectivity index (χ4n) is 2.43. The second-order valence-corrected chi connectivity index (χ2v) is 5.89. The van der Waals surface area contributed by atoms with E-state index in [4.69, 9.17) is 4.74 Å². The number of hydrogen-bond donors (Lipinski definition) is 1. The van der Waals surface area contributed by atoms with E-state index in [9.17, 15) is 9.90 Å². The van der Waals surface area contributed by atoms with Crippen molar-refractivity contribution in [2.75, 3.05) is 6.61 Å². The highest BCUT2D eigenvalue weighted by atomic mass is 16.5. The summed E-state index contributed by atoms with van der Waals surface area (Å²) in [6.45, 7) is 8.75. The minimum absolute atomic E-state index is 0.260. The predicted octanol–water partition coefficient (Wildman–Crippen LogP) is 2.52. The Kier molecular flexibility index (Phi) is 4.00. The molecule has 0 amide bonds. The number of aliphatic hydroxyl groups is 1. The minimum atomic E-state index is -1.22. The average Bonchev–Trinajstić information content (AvgIpc) is 2.17. The smallest absolute Gasteiger partial charge is 0.338 e. The molecular formula is C13H24O3. The Morgan fingerprint density at radius 2 is 1.88 bits per heavy atom.